The van der Waals surface area contributed by atoms with E-state index in [0.29, 0.717) is 23.7 Å². The highest BCUT2D eigenvalue weighted by Gasteiger charge is 2.45. The lowest BCUT2D eigenvalue weighted by Gasteiger charge is -2.20. The number of aliphatic hydroxyl groups is 3. The van der Waals surface area contributed by atoms with E-state index in [1.54, 1.807) is 6.08 Å². The second-order valence-electron chi connectivity index (χ2n) is 12.1. The number of carboxylic acids is 1. The molecule has 6 atom stereocenters. The highest BCUT2D eigenvalue weighted by atomic mass is 32.2. The van der Waals surface area contributed by atoms with Crippen molar-refractivity contribution >= 4 is 35.8 Å². The maximum absolute atomic E-state index is 12.4. The standard InChI is InChI=1S/C33H42N4O6S/c1-6-19-15(2)24(36-33(19)43)11-22-16(3)20(7-9-29(38)39)25(34-22)13-26-21(8-10-30(40)41)17(4)23(35-26)12-27-31(28-14-44-28)18(5)32(42)37-27/h6,9,12-13,18,22,24,28,31-32,34-35,37-39,42H,1,7-8,10-11,14H2,2-5H3,(H,36,43)(H,40,41)/b25-13-,27-12-/t18-,22?,24-,28-,31-,32?/m1/s1. The maximum atomic E-state index is 12.4. The molecule has 44 heavy (non-hydrogen) atoms. The Labute approximate surface area is 261 Å². The Kier molecular flexibility index (Phi) is 9.08. The van der Waals surface area contributed by atoms with E-state index in [1.165, 1.54) is 6.08 Å². The number of carbonyl (C=O) groups is 2. The van der Waals surface area contributed by atoms with E-state index in [2.05, 4.69) is 34.4 Å². The number of hydrogen-bond acceptors (Lipinski definition) is 8. The van der Waals surface area contributed by atoms with E-state index >= 15 is 0 Å². The van der Waals surface area contributed by atoms with Gasteiger partial charge in [-0.3, -0.25) is 9.59 Å². The van der Waals surface area contributed by atoms with Crippen molar-refractivity contribution in [3.8, 4) is 0 Å². The van der Waals surface area contributed by atoms with E-state index in [0.717, 1.165) is 56.4 Å². The summed E-state index contributed by atoms with van der Waals surface area (Å²) in [7, 11) is 0. The summed E-state index contributed by atoms with van der Waals surface area (Å²) in [5.74, 6) is -0.421. The van der Waals surface area contributed by atoms with Crippen molar-refractivity contribution < 1.29 is 30.0 Å². The molecular weight excluding hydrogens is 580 g/mol. The SMILES string of the molecule is C=CC1=C(C)[C@@H](CC2N/C(=C\c3[nH]c(/C=C4\NC(O)[C@H](C)[C@H]4[C@H]4CS4)c(C)c3CCC(=O)O)C(CC=C(O)O)=C2C)NC1=O. The van der Waals surface area contributed by atoms with Gasteiger partial charge in [0.15, 0.2) is 0 Å². The number of carbonyl (C=O) groups excluding carboxylic acids is 1. The molecule has 10 nitrogen and oxygen atoms in total. The molecule has 5 heterocycles. The summed E-state index contributed by atoms with van der Waals surface area (Å²) in [6, 6.07) is -0.297. The number of aromatic amines is 1. The molecule has 11 heteroatoms. The van der Waals surface area contributed by atoms with Crippen LogP contribution in [0.5, 0.6) is 0 Å². The van der Waals surface area contributed by atoms with Crippen LogP contribution in [-0.4, -0.2) is 66.6 Å². The van der Waals surface area contributed by atoms with E-state index < -0.39 is 18.1 Å². The third kappa shape index (κ3) is 6.34. The molecule has 1 aromatic rings. The molecule has 236 valence electrons. The van der Waals surface area contributed by atoms with Crippen molar-refractivity contribution in [2.24, 2.45) is 11.8 Å². The topological polar surface area (TPSA) is 167 Å². The number of amides is 1. The number of carboxylic acid groups (broad SMARTS) is 1. The number of aliphatic hydroxyl groups excluding tert-OH is 2. The van der Waals surface area contributed by atoms with Gasteiger partial charge in [0, 0.05) is 69.7 Å². The molecule has 1 amide bonds. The third-order valence-electron chi connectivity index (χ3n) is 9.44. The average molecular weight is 623 g/mol. The molecule has 2 saturated heterocycles. The molecule has 0 aliphatic carbocycles. The van der Waals surface area contributed by atoms with Gasteiger partial charge in [-0.05, 0) is 80.0 Å². The number of thioether (sulfide) groups is 1. The molecule has 4 aliphatic rings. The molecule has 4 aliphatic heterocycles. The summed E-state index contributed by atoms with van der Waals surface area (Å²) < 4.78 is 0. The number of H-pyrrole nitrogens is 1. The van der Waals surface area contributed by atoms with Gasteiger partial charge < -0.3 is 41.4 Å². The Morgan fingerprint density at radius 1 is 1.05 bits per heavy atom. The van der Waals surface area contributed by atoms with E-state index in [-0.39, 0.29) is 42.7 Å². The Balaban J connectivity index is 1.51. The first-order chi connectivity index (χ1) is 20.9. The first kappa shape index (κ1) is 31.6. The van der Waals surface area contributed by atoms with Crippen molar-refractivity contribution in [1.82, 2.24) is 20.9 Å². The van der Waals surface area contributed by atoms with Crippen LogP contribution in [0.2, 0.25) is 0 Å². The predicted octanol–water partition coefficient (Wildman–Crippen LogP) is 4.34. The van der Waals surface area contributed by atoms with Crippen LogP contribution in [-0.2, 0) is 16.0 Å². The Morgan fingerprint density at radius 3 is 2.36 bits per heavy atom. The van der Waals surface area contributed by atoms with Crippen molar-refractivity contribution in [2.75, 3.05) is 5.75 Å². The fourth-order valence-electron chi connectivity index (χ4n) is 6.69. The van der Waals surface area contributed by atoms with Crippen molar-refractivity contribution in [3.05, 3.63) is 80.9 Å². The number of nitrogens with one attached hydrogen (secondary N) is 4. The molecule has 0 bridgehead atoms. The first-order valence-electron chi connectivity index (χ1n) is 15.0. The zero-order chi connectivity index (χ0) is 31.9. The van der Waals surface area contributed by atoms with Crippen LogP contribution in [0.3, 0.4) is 0 Å². The van der Waals surface area contributed by atoms with Gasteiger partial charge >= 0.3 is 5.97 Å². The van der Waals surface area contributed by atoms with Gasteiger partial charge in [-0.1, -0.05) is 19.6 Å². The summed E-state index contributed by atoms with van der Waals surface area (Å²) in [6.45, 7) is 11.7. The van der Waals surface area contributed by atoms with Crippen LogP contribution in [0.15, 0.2) is 58.4 Å². The Morgan fingerprint density at radius 2 is 1.75 bits per heavy atom. The van der Waals surface area contributed by atoms with Crippen LogP contribution in [0.1, 0.15) is 62.5 Å². The van der Waals surface area contributed by atoms with Crippen LogP contribution < -0.4 is 16.0 Å². The second-order valence-corrected chi connectivity index (χ2v) is 13.4. The molecule has 0 aromatic carbocycles. The van der Waals surface area contributed by atoms with Crippen LogP contribution in [0.25, 0.3) is 12.2 Å². The quantitative estimate of drug-likeness (QED) is 0.132. The average Bonchev–Trinajstić information content (AvgIpc) is 3.53. The van der Waals surface area contributed by atoms with Gasteiger partial charge in [0.25, 0.3) is 11.9 Å². The normalized spacial score (nSPS) is 29.7. The molecule has 8 N–H and O–H groups in total. The Hall–Kier alpha value is -3.83. The number of aliphatic carboxylic acids is 1. The van der Waals surface area contributed by atoms with Crippen molar-refractivity contribution in [1.29, 1.82) is 0 Å². The minimum atomic E-state index is -0.885. The first-order valence-corrected chi connectivity index (χ1v) is 16.1. The van der Waals surface area contributed by atoms with Crippen LogP contribution in [0, 0.1) is 18.8 Å². The smallest absolute Gasteiger partial charge is 0.303 e. The molecule has 2 unspecified atom stereocenters. The number of aromatic nitrogens is 1. The van der Waals surface area contributed by atoms with Gasteiger partial charge in [-0.25, -0.2) is 0 Å². The Bertz CT molecular complexity index is 1520. The lowest BCUT2D eigenvalue weighted by Crippen LogP contribution is -2.36. The van der Waals surface area contributed by atoms with E-state index in [4.69, 9.17) is 0 Å². The number of rotatable bonds is 11. The zero-order valence-electron chi connectivity index (χ0n) is 25.5. The van der Waals surface area contributed by atoms with Gasteiger partial charge in [-0.2, -0.15) is 11.8 Å². The number of hydrogen-bond donors (Lipinski definition) is 8. The van der Waals surface area contributed by atoms with Crippen molar-refractivity contribution in [2.45, 2.75) is 76.9 Å². The predicted molar refractivity (Wildman–Crippen MR) is 173 cm³/mol. The summed E-state index contributed by atoms with van der Waals surface area (Å²) in [5.41, 5.74) is 8.65. The lowest BCUT2D eigenvalue weighted by molar-refractivity contribution is -0.137. The van der Waals surface area contributed by atoms with Crippen LogP contribution >= 0.6 is 11.8 Å². The second kappa shape index (κ2) is 12.6. The lowest BCUT2D eigenvalue weighted by atomic mass is 9.91. The molecule has 1 aromatic heterocycles. The van der Waals surface area contributed by atoms with Crippen molar-refractivity contribution in [3.63, 3.8) is 0 Å². The summed E-state index contributed by atoms with van der Waals surface area (Å²) in [6.07, 6.45) is 7.47. The third-order valence-corrected chi connectivity index (χ3v) is 10.5. The fourth-order valence-corrected chi connectivity index (χ4v) is 7.61. The molecular formula is C33H42N4O6S. The minimum Gasteiger partial charge on any atom is -0.481 e. The van der Waals surface area contributed by atoms with Gasteiger partial charge in [0.1, 0.15) is 6.23 Å². The highest BCUT2D eigenvalue weighted by molar-refractivity contribution is 8.06. The van der Waals surface area contributed by atoms with Gasteiger partial charge in [0.05, 0.1) is 6.04 Å². The number of allylic oxidation sites excluding steroid dienone is 3. The molecule has 2 fully saturated rings. The zero-order valence-corrected chi connectivity index (χ0v) is 26.3. The highest BCUT2D eigenvalue weighted by Crippen LogP contribution is 2.47. The largest absolute Gasteiger partial charge is 0.481 e. The summed E-state index contributed by atoms with van der Waals surface area (Å²) in [5, 5.41) is 49.5. The van der Waals surface area contributed by atoms with Gasteiger partial charge in [0.2, 0.25) is 0 Å². The summed E-state index contributed by atoms with van der Waals surface area (Å²) in [4.78, 5) is 27.5. The summed E-state index contributed by atoms with van der Waals surface area (Å²) >= 11 is 1.89. The molecule has 0 radical (unpaired) electrons. The van der Waals surface area contributed by atoms with E-state index in [9.17, 15) is 30.0 Å². The van der Waals surface area contributed by atoms with Crippen LogP contribution in [0.4, 0.5) is 0 Å². The maximum Gasteiger partial charge on any atom is 0.303 e. The molecule has 0 saturated carbocycles. The van der Waals surface area contributed by atoms with Gasteiger partial charge in [-0.15, -0.1) is 0 Å². The van der Waals surface area contributed by atoms with E-state index in [1.807, 2.05) is 44.7 Å². The monoisotopic (exact) mass is 622 g/mol. The molecule has 5 rings (SSSR count). The minimum absolute atomic E-state index is 0.0300. The molecule has 0 spiro atoms. The fraction of sp³-hybridized carbons (Fsp3) is 0.455.